The van der Waals surface area contributed by atoms with E-state index in [2.05, 4.69) is 48.1 Å². The van der Waals surface area contributed by atoms with Gasteiger partial charge in [0.1, 0.15) is 0 Å². The van der Waals surface area contributed by atoms with E-state index >= 15 is 0 Å². The molecule has 2 unspecified atom stereocenters. The van der Waals surface area contributed by atoms with E-state index in [1.165, 1.54) is 18.5 Å². The number of nitrogens with zero attached hydrogens (tertiary/aromatic N) is 2. The first-order valence-corrected chi connectivity index (χ1v) is 6.57. The van der Waals surface area contributed by atoms with Gasteiger partial charge in [-0.3, -0.25) is 9.88 Å². The van der Waals surface area contributed by atoms with Gasteiger partial charge in [-0.05, 0) is 31.0 Å². The van der Waals surface area contributed by atoms with Crippen LogP contribution in [0.2, 0.25) is 0 Å². The molecule has 0 radical (unpaired) electrons. The highest BCUT2D eigenvalue weighted by Gasteiger charge is 2.26. The van der Waals surface area contributed by atoms with Gasteiger partial charge >= 0.3 is 0 Å². The summed E-state index contributed by atoms with van der Waals surface area (Å²) in [7, 11) is 0. The van der Waals surface area contributed by atoms with Crippen LogP contribution in [0.15, 0.2) is 24.5 Å². The molecule has 1 aliphatic rings. The van der Waals surface area contributed by atoms with Gasteiger partial charge in [-0.2, -0.15) is 0 Å². The lowest BCUT2D eigenvalue weighted by atomic mass is 10.1. The summed E-state index contributed by atoms with van der Waals surface area (Å²) in [5.41, 5.74) is 1.37. The van der Waals surface area contributed by atoms with Crippen LogP contribution in [-0.2, 0) is 0 Å². The van der Waals surface area contributed by atoms with Gasteiger partial charge in [-0.15, -0.1) is 0 Å². The predicted octanol–water partition coefficient (Wildman–Crippen LogP) is 2.21. The molecule has 1 saturated heterocycles. The van der Waals surface area contributed by atoms with Crippen molar-refractivity contribution >= 4 is 0 Å². The fourth-order valence-electron chi connectivity index (χ4n) is 2.60. The van der Waals surface area contributed by atoms with Gasteiger partial charge in [0.15, 0.2) is 0 Å². The van der Waals surface area contributed by atoms with Crippen molar-refractivity contribution < 1.29 is 0 Å². The quantitative estimate of drug-likeness (QED) is 0.864. The molecule has 1 fully saturated rings. The molecule has 1 aromatic rings. The van der Waals surface area contributed by atoms with E-state index in [-0.39, 0.29) is 0 Å². The van der Waals surface area contributed by atoms with E-state index in [1.807, 2.05) is 12.4 Å². The number of hydrogen-bond donors (Lipinski definition) is 1. The van der Waals surface area contributed by atoms with Crippen molar-refractivity contribution in [1.29, 1.82) is 0 Å². The molecule has 0 amide bonds. The molecule has 2 atom stereocenters. The average molecular weight is 233 g/mol. The molecule has 2 rings (SSSR count). The van der Waals surface area contributed by atoms with Crippen LogP contribution in [0, 0.1) is 0 Å². The highest BCUT2D eigenvalue weighted by atomic mass is 15.2. The first-order chi connectivity index (χ1) is 8.16. The molecular weight excluding hydrogens is 210 g/mol. The SMILES string of the molecule is CC(C)NC1CCN(C(C)c2ccncc2)C1. The third-order valence-corrected chi connectivity index (χ3v) is 3.52. The minimum absolute atomic E-state index is 0.497. The summed E-state index contributed by atoms with van der Waals surface area (Å²) >= 11 is 0. The number of hydrogen-bond acceptors (Lipinski definition) is 3. The number of pyridine rings is 1. The molecule has 1 aromatic heterocycles. The van der Waals surface area contributed by atoms with Crippen LogP contribution in [0.3, 0.4) is 0 Å². The molecule has 1 aliphatic heterocycles. The van der Waals surface area contributed by atoms with Gasteiger partial charge < -0.3 is 5.32 Å². The van der Waals surface area contributed by atoms with Crippen molar-refractivity contribution in [2.24, 2.45) is 0 Å². The first kappa shape index (κ1) is 12.5. The third-order valence-electron chi connectivity index (χ3n) is 3.52. The van der Waals surface area contributed by atoms with E-state index in [4.69, 9.17) is 0 Å². The first-order valence-electron chi connectivity index (χ1n) is 6.57. The highest BCUT2D eigenvalue weighted by molar-refractivity contribution is 5.14. The predicted molar refractivity (Wildman–Crippen MR) is 70.9 cm³/mol. The molecule has 0 bridgehead atoms. The van der Waals surface area contributed by atoms with E-state index in [1.54, 1.807) is 0 Å². The number of nitrogens with one attached hydrogen (secondary N) is 1. The monoisotopic (exact) mass is 233 g/mol. The zero-order valence-electron chi connectivity index (χ0n) is 11.1. The highest BCUT2D eigenvalue weighted by Crippen LogP contribution is 2.24. The fraction of sp³-hybridized carbons (Fsp3) is 0.643. The number of likely N-dealkylation sites (tertiary alicyclic amines) is 1. The van der Waals surface area contributed by atoms with Gasteiger partial charge in [0.2, 0.25) is 0 Å². The molecule has 17 heavy (non-hydrogen) atoms. The van der Waals surface area contributed by atoms with Gasteiger partial charge in [0, 0.05) is 43.6 Å². The lowest BCUT2D eigenvalue weighted by Crippen LogP contribution is -2.37. The third kappa shape index (κ3) is 3.27. The maximum absolute atomic E-state index is 4.08. The molecule has 3 nitrogen and oxygen atoms in total. The molecular formula is C14H23N3. The topological polar surface area (TPSA) is 28.2 Å². The summed E-state index contributed by atoms with van der Waals surface area (Å²) in [4.78, 5) is 6.63. The van der Waals surface area contributed by atoms with Crippen molar-refractivity contribution in [3.8, 4) is 0 Å². The minimum Gasteiger partial charge on any atom is -0.310 e. The molecule has 1 N–H and O–H groups in total. The maximum Gasteiger partial charge on any atom is 0.0321 e. The van der Waals surface area contributed by atoms with Gasteiger partial charge in [-0.25, -0.2) is 0 Å². The van der Waals surface area contributed by atoms with Gasteiger partial charge in [0.05, 0.1) is 0 Å². The number of aromatic nitrogens is 1. The second-order valence-electron chi connectivity index (χ2n) is 5.26. The van der Waals surface area contributed by atoms with Crippen LogP contribution < -0.4 is 5.32 Å². The van der Waals surface area contributed by atoms with Crippen LogP contribution in [0.1, 0.15) is 38.8 Å². The van der Waals surface area contributed by atoms with E-state index in [0.717, 1.165) is 6.54 Å². The molecule has 0 spiro atoms. The summed E-state index contributed by atoms with van der Waals surface area (Å²) in [5.74, 6) is 0. The smallest absolute Gasteiger partial charge is 0.0321 e. The van der Waals surface area contributed by atoms with Crippen LogP contribution in [0.4, 0.5) is 0 Å². The Kier molecular flexibility index (Phi) is 4.13. The van der Waals surface area contributed by atoms with E-state index in [9.17, 15) is 0 Å². The second kappa shape index (κ2) is 5.61. The zero-order valence-corrected chi connectivity index (χ0v) is 11.1. The Labute approximate surface area is 104 Å². The zero-order chi connectivity index (χ0) is 12.3. The van der Waals surface area contributed by atoms with Crippen molar-refractivity contribution in [2.75, 3.05) is 13.1 Å². The van der Waals surface area contributed by atoms with Crippen LogP contribution in [0.25, 0.3) is 0 Å². The Morgan fingerprint density at radius 2 is 2.00 bits per heavy atom. The van der Waals surface area contributed by atoms with Crippen molar-refractivity contribution in [2.45, 2.75) is 45.3 Å². The Hall–Kier alpha value is -0.930. The van der Waals surface area contributed by atoms with Crippen LogP contribution in [0.5, 0.6) is 0 Å². The van der Waals surface area contributed by atoms with Crippen molar-refractivity contribution in [3.05, 3.63) is 30.1 Å². The molecule has 0 aromatic carbocycles. The summed E-state index contributed by atoms with van der Waals surface area (Å²) in [6.07, 6.45) is 5.02. The van der Waals surface area contributed by atoms with E-state index < -0.39 is 0 Å². The molecule has 0 saturated carbocycles. The largest absolute Gasteiger partial charge is 0.310 e. The Morgan fingerprint density at radius 1 is 1.29 bits per heavy atom. The average Bonchev–Trinajstić information content (AvgIpc) is 2.77. The molecule has 2 heterocycles. The number of rotatable bonds is 4. The summed E-state index contributed by atoms with van der Waals surface area (Å²) in [5, 5.41) is 3.62. The Morgan fingerprint density at radius 3 is 2.65 bits per heavy atom. The Bertz CT molecular complexity index is 337. The summed E-state index contributed by atoms with van der Waals surface area (Å²) in [6.45, 7) is 9.06. The van der Waals surface area contributed by atoms with Gasteiger partial charge in [0.25, 0.3) is 0 Å². The van der Waals surface area contributed by atoms with Crippen molar-refractivity contribution in [1.82, 2.24) is 15.2 Å². The van der Waals surface area contributed by atoms with Crippen LogP contribution in [-0.4, -0.2) is 35.1 Å². The summed E-state index contributed by atoms with van der Waals surface area (Å²) in [6, 6.07) is 5.97. The second-order valence-corrected chi connectivity index (χ2v) is 5.26. The van der Waals surface area contributed by atoms with E-state index in [0.29, 0.717) is 18.1 Å². The fourth-order valence-corrected chi connectivity index (χ4v) is 2.60. The standard InChI is InChI=1S/C14H23N3/c1-11(2)16-14-6-9-17(10-14)12(3)13-4-7-15-8-5-13/h4-5,7-8,11-12,14,16H,6,9-10H2,1-3H3. The molecule has 3 heteroatoms. The van der Waals surface area contributed by atoms with Crippen molar-refractivity contribution in [3.63, 3.8) is 0 Å². The normalized spacial score (nSPS) is 23.2. The Balaban J connectivity index is 1.92. The van der Waals surface area contributed by atoms with Crippen LogP contribution >= 0.6 is 0 Å². The molecule has 94 valence electrons. The minimum atomic E-state index is 0.497. The molecule has 0 aliphatic carbocycles. The van der Waals surface area contributed by atoms with Gasteiger partial charge in [-0.1, -0.05) is 13.8 Å². The summed E-state index contributed by atoms with van der Waals surface area (Å²) < 4.78 is 0. The maximum atomic E-state index is 4.08. The lowest BCUT2D eigenvalue weighted by Gasteiger charge is -2.25. The lowest BCUT2D eigenvalue weighted by molar-refractivity contribution is 0.254.